The number of morpholine rings is 1. The minimum absolute atomic E-state index is 0.244. The molecule has 4 aromatic heterocycles. The zero-order valence-corrected chi connectivity index (χ0v) is 16.1. The molecule has 0 aromatic carbocycles. The molecule has 1 fully saturated rings. The minimum Gasteiger partial charge on any atom is -0.377 e. The molecule has 0 aliphatic carbocycles. The van der Waals surface area contributed by atoms with E-state index in [1.807, 2.05) is 43.2 Å². The molecule has 144 valence electrons. The van der Waals surface area contributed by atoms with Crippen LogP contribution in [0.1, 0.15) is 12.5 Å². The summed E-state index contributed by atoms with van der Waals surface area (Å²) in [4.78, 5) is 10.4. The van der Waals surface area contributed by atoms with Crippen LogP contribution in [0.5, 0.6) is 0 Å². The summed E-state index contributed by atoms with van der Waals surface area (Å²) in [6, 6.07) is 6.24. The van der Waals surface area contributed by atoms with Gasteiger partial charge in [-0.05, 0) is 37.6 Å². The molecule has 1 aliphatic rings. The van der Waals surface area contributed by atoms with E-state index in [9.17, 15) is 0 Å². The highest BCUT2D eigenvalue weighted by molar-refractivity contribution is 5.98. The Balaban J connectivity index is 1.78. The lowest BCUT2D eigenvalue weighted by Gasteiger charge is -2.34. The number of aryl methyl sites for hydroxylation is 2. The summed E-state index contributed by atoms with van der Waals surface area (Å²) in [6.07, 6.45) is 3.73. The van der Waals surface area contributed by atoms with Gasteiger partial charge >= 0.3 is 0 Å². The smallest absolute Gasteiger partial charge is 0.195 e. The van der Waals surface area contributed by atoms with Gasteiger partial charge in [0.25, 0.3) is 0 Å². The second-order valence-corrected chi connectivity index (χ2v) is 7.24. The Kier molecular flexibility index (Phi) is 3.94. The molecule has 1 atom stereocenters. The maximum atomic E-state index is 5.79. The molecule has 0 bridgehead atoms. The number of H-pyrrole nitrogens is 1. The van der Waals surface area contributed by atoms with Crippen molar-refractivity contribution in [1.29, 1.82) is 0 Å². The first-order valence-corrected chi connectivity index (χ1v) is 9.41. The van der Waals surface area contributed by atoms with Gasteiger partial charge in [0.15, 0.2) is 11.3 Å². The number of nitrogens with one attached hydrogen (secondary N) is 1. The van der Waals surface area contributed by atoms with Crippen LogP contribution in [0, 0.1) is 6.92 Å². The molecule has 0 spiro atoms. The predicted molar refractivity (Wildman–Crippen MR) is 106 cm³/mol. The van der Waals surface area contributed by atoms with Crippen molar-refractivity contribution in [2.45, 2.75) is 19.9 Å². The second kappa shape index (κ2) is 6.49. The third-order valence-corrected chi connectivity index (χ3v) is 5.30. The van der Waals surface area contributed by atoms with E-state index in [2.05, 4.69) is 33.1 Å². The fraction of sp³-hybridized carbons (Fsp3) is 0.350. The Morgan fingerprint density at radius 2 is 2.21 bits per heavy atom. The average Bonchev–Trinajstić information content (AvgIpc) is 3.42. The molecule has 8 nitrogen and oxygen atoms in total. The average molecular weight is 378 g/mol. The molecular formula is C20H22N6O2. The molecule has 1 N–H and O–H groups in total. The highest BCUT2D eigenvalue weighted by Crippen LogP contribution is 2.37. The van der Waals surface area contributed by atoms with Gasteiger partial charge in [-0.25, -0.2) is 4.98 Å². The van der Waals surface area contributed by atoms with Gasteiger partial charge in [0.1, 0.15) is 11.3 Å². The highest BCUT2D eigenvalue weighted by atomic mass is 16.5. The topological polar surface area (TPSA) is 85.0 Å². The Hall–Kier alpha value is -3.13. The summed E-state index contributed by atoms with van der Waals surface area (Å²) in [6.45, 7) is 6.38. The lowest BCUT2D eigenvalue weighted by atomic mass is 10.1. The molecule has 1 aliphatic heterocycles. The molecule has 5 rings (SSSR count). The number of nitrogens with zero attached hydrogens (tertiary/aromatic N) is 5. The van der Waals surface area contributed by atoms with Gasteiger partial charge in [-0.1, -0.05) is 5.16 Å². The number of anilines is 1. The van der Waals surface area contributed by atoms with Gasteiger partial charge in [0, 0.05) is 19.8 Å². The van der Waals surface area contributed by atoms with Gasteiger partial charge in [-0.3, -0.25) is 4.68 Å². The maximum absolute atomic E-state index is 5.79. The standard InChI is InChI=1S/C20H22N6O2/c1-12-10-22-25(3)19(12)14-9-16(26-7-8-27-11-13(26)2)23-18-17(24-28-20(14)18)15-5-4-6-21-15/h4-6,9-10,13,21H,7-8,11H2,1-3H3/t13-/m1/s1. The number of ether oxygens (including phenoxy) is 1. The van der Waals surface area contributed by atoms with Crippen molar-refractivity contribution >= 4 is 16.9 Å². The van der Waals surface area contributed by atoms with Crippen LogP contribution in [-0.2, 0) is 11.8 Å². The Bertz CT molecular complexity index is 1110. The lowest BCUT2D eigenvalue weighted by molar-refractivity contribution is 0.0986. The predicted octanol–water partition coefficient (Wildman–Crippen LogP) is 3.15. The molecular weight excluding hydrogens is 356 g/mol. The van der Waals surface area contributed by atoms with E-state index in [0.717, 1.165) is 40.4 Å². The van der Waals surface area contributed by atoms with Crippen LogP contribution in [0.15, 0.2) is 35.1 Å². The summed E-state index contributed by atoms with van der Waals surface area (Å²) >= 11 is 0. The van der Waals surface area contributed by atoms with Crippen molar-refractivity contribution in [2.75, 3.05) is 24.7 Å². The fourth-order valence-electron chi connectivity index (χ4n) is 3.89. The van der Waals surface area contributed by atoms with Crippen molar-refractivity contribution in [3.8, 4) is 22.6 Å². The zero-order valence-electron chi connectivity index (χ0n) is 16.1. The molecule has 0 unspecified atom stereocenters. The van der Waals surface area contributed by atoms with Crippen molar-refractivity contribution in [1.82, 2.24) is 24.9 Å². The van der Waals surface area contributed by atoms with E-state index in [4.69, 9.17) is 14.2 Å². The quantitative estimate of drug-likeness (QED) is 0.589. The third kappa shape index (κ3) is 2.60. The zero-order chi connectivity index (χ0) is 19.3. The van der Waals surface area contributed by atoms with Crippen molar-refractivity contribution in [3.63, 3.8) is 0 Å². The van der Waals surface area contributed by atoms with Gasteiger partial charge < -0.3 is 19.1 Å². The molecule has 0 saturated carbocycles. The Morgan fingerprint density at radius 1 is 1.32 bits per heavy atom. The van der Waals surface area contributed by atoms with Crippen LogP contribution in [-0.4, -0.2) is 50.7 Å². The first-order valence-electron chi connectivity index (χ1n) is 9.41. The van der Waals surface area contributed by atoms with E-state index in [0.29, 0.717) is 24.5 Å². The van der Waals surface area contributed by atoms with E-state index in [-0.39, 0.29) is 6.04 Å². The number of hydrogen-bond donors (Lipinski definition) is 1. The van der Waals surface area contributed by atoms with Crippen molar-refractivity contribution < 1.29 is 9.26 Å². The summed E-state index contributed by atoms with van der Waals surface area (Å²) in [5, 5.41) is 8.74. The number of fused-ring (bicyclic) bond motifs is 1. The summed E-state index contributed by atoms with van der Waals surface area (Å²) in [5.74, 6) is 0.898. The van der Waals surface area contributed by atoms with Gasteiger partial charge in [-0.15, -0.1) is 0 Å². The lowest BCUT2D eigenvalue weighted by Crippen LogP contribution is -2.44. The first kappa shape index (κ1) is 17.0. The summed E-state index contributed by atoms with van der Waals surface area (Å²) in [7, 11) is 1.94. The maximum Gasteiger partial charge on any atom is 0.195 e. The van der Waals surface area contributed by atoms with Crippen LogP contribution >= 0.6 is 0 Å². The fourth-order valence-corrected chi connectivity index (χ4v) is 3.89. The molecule has 0 amide bonds. The van der Waals surface area contributed by atoms with Crippen LogP contribution < -0.4 is 4.90 Å². The van der Waals surface area contributed by atoms with E-state index < -0.39 is 0 Å². The van der Waals surface area contributed by atoms with E-state index in [1.54, 1.807) is 0 Å². The summed E-state index contributed by atoms with van der Waals surface area (Å²) in [5.41, 5.74) is 6.03. The molecule has 8 heteroatoms. The number of pyridine rings is 1. The van der Waals surface area contributed by atoms with Crippen LogP contribution in [0.4, 0.5) is 5.82 Å². The number of aromatic amines is 1. The van der Waals surface area contributed by atoms with Crippen LogP contribution in [0.3, 0.4) is 0 Å². The summed E-state index contributed by atoms with van der Waals surface area (Å²) < 4.78 is 13.3. The van der Waals surface area contributed by atoms with Gasteiger partial charge in [0.2, 0.25) is 0 Å². The number of rotatable bonds is 3. The molecule has 1 saturated heterocycles. The Morgan fingerprint density at radius 3 is 2.93 bits per heavy atom. The van der Waals surface area contributed by atoms with Crippen molar-refractivity contribution in [3.05, 3.63) is 36.2 Å². The molecule has 0 radical (unpaired) electrons. The van der Waals surface area contributed by atoms with Gasteiger partial charge in [0.05, 0.1) is 42.4 Å². The molecule has 5 heterocycles. The third-order valence-electron chi connectivity index (χ3n) is 5.30. The van der Waals surface area contributed by atoms with E-state index in [1.165, 1.54) is 0 Å². The van der Waals surface area contributed by atoms with Gasteiger partial charge in [-0.2, -0.15) is 5.10 Å². The minimum atomic E-state index is 0.244. The Labute approximate surface area is 162 Å². The highest BCUT2D eigenvalue weighted by Gasteiger charge is 2.26. The first-order chi connectivity index (χ1) is 13.6. The van der Waals surface area contributed by atoms with E-state index >= 15 is 0 Å². The normalized spacial score (nSPS) is 17.5. The molecule has 4 aromatic rings. The number of hydrogen-bond acceptors (Lipinski definition) is 6. The van der Waals surface area contributed by atoms with Crippen LogP contribution in [0.2, 0.25) is 0 Å². The second-order valence-electron chi connectivity index (χ2n) is 7.24. The molecule has 28 heavy (non-hydrogen) atoms. The van der Waals surface area contributed by atoms with Crippen molar-refractivity contribution in [2.24, 2.45) is 7.05 Å². The monoisotopic (exact) mass is 378 g/mol. The largest absolute Gasteiger partial charge is 0.377 e. The SMILES string of the molecule is Cc1cnn(C)c1-c1cc(N2CCOC[C@H]2C)nc2c(-c3ccc[nH]3)noc12. The van der Waals surface area contributed by atoms with Crippen LogP contribution in [0.25, 0.3) is 33.7 Å². The number of aromatic nitrogens is 5.